The van der Waals surface area contributed by atoms with E-state index in [2.05, 4.69) is 9.78 Å². The molecule has 1 atom stereocenters. The molecule has 0 aromatic heterocycles. The summed E-state index contributed by atoms with van der Waals surface area (Å²) in [5, 5.41) is 8.04. The molecule has 0 aliphatic heterocycles. The summed E-state index contributed by atoms with van der Waals surface area (Å²) >= 11 is 0. The van der Waals surface area contributed by atoms with Crippen LogP contribution in [-0.2, 0) is 19.4 Å². The van der Waals surface area contributed by atoms with Gasteiger partial charge in [0.25, 0.3) is 5.78 Å². The number of nitrogens with zero attached hydrogens (tertiary/aromatic N) is 1. The van der Waals surface area contributed by atoms with Gasteiger partial charge in [-0.15, -0.1) is 0 Å². The summed E-state index contributed by atoms with van der Waals surface area (Å²) in [4.78, 5) is 29.0. The van der Waals surface area contributed by atoms with Gasteiger partial charge in [0, 0.05) is 0 Å². The molecule has 0 N–H and O–H groups in total. The van der Waals surface area contributed by atoms with Gasteiger partial charge in [0.05, 0.1) is 6.61 Å². The van der Waals surface area contributed by atoms with Crippen molar-refractivity contribution in [1.29, 1.82) is 5.26 Å². The molecule has 0 saturated carbocycles. The minimum absolute atomic E-state index is 0.210. The van der Waals surface area contributed by atoms with Crippen LogP contribution in [0, 0.1) is 11.3 Å². The molecule has 0 spiro atoms. The van der Waals surface area contributed by atoms with E-state index in [0.717, 1.165) is 0 Å². The number of ketones is 1. The average molecular weight is 157 g/mol. The van der Waals surface area contributed by atoms with Gasteiger partial charge >= 0.3 is 0 Å². The van der Waals surface area contributed by atoms with Crippen LogP contribution >= 0.6 is 0 Å². The fourth-order valence-electron chi connectivity index (χ4n) is 0.333. The van der Waals surface area contributed by atoms with Crippen molar-refractivity contribution in [3.63, 3.8) is 0 Å². The van der Waals surface area contributed by atoms with Crippen molar-refractivity contribution >= 4 is 12.1 Å². The van der Waals surface area contributed by atoms with Crippen LogP contribution in [0.25, 0.3) is 0 Å². The number of Topliss-reactive ketones (excluding diaryl/α,β-unsaturated/α-hetero) is 1. The first kappa shape index (κ1) is 9.75. The van der Waals surface area contributed by atoms with E-state index in [1.54, 1.807) is 6.92 Å². The fourth-order valence-corrected chi connectivity index (χ4v) is 0.333. The first-order valence-electron chi connectivity index (χ1n) is 2.93. The molecule has 0 rings (SSSR count). The maximum Gasteiger partial charge on any atom is 0.271 e. The molecule has 0 aromatic rings. The Balaban J connectivity index is 3.87. The third-order valence-electron chi connectivity index (χ3n) is 0.782. The van der Waals surface area contributed by atoms with Gasteiger partial charge in [-0.05, 0) is 6.92 Å². The lowest BCUT2D eigenvalue weighted by molar-refractivity contribution is -0.302. The minimum Gasteiger partial charge on any atom is -0.300 e. The van der Waals surface area contributed by atoms with Crippen LogP contribution in [0.15, 0.2) is 0 Å². The second kappa shape index (κ2) is 5.53. The molecular formula is C6H7NO4. The largest absolute Gasteiger partial charge is 0.300 e. The van der Waals surface area contributed by atoms with Crippen molar-refractivity contribution in [3.8, 4) is 6.07 Å². The summed E-state index contributed by atoms with van der Waals surface area (Å²) in [5.74, 6) is -0.964. The average Bonchev–Trinajstić information content (AvgIpc) is 2.05. The van der Waals surface area contributed by atoms with Crippen LogP contribution in [0.3, 0.4) is 0 Å². The number of rotatable bonds is 5. The minimum atomic E-state index is -1.42. The zero-order valence-electron chi connectivity index (χ0n) is 5.94. The molecule has 0 radical (unpaired) electrons. The van der Waals surface area contributed by atoms with Crippen molar-refractivity contribution in [1.82, 2.24) is 0 Å². The predicted octanol–water partition coefficient (Wildman–Crippen LogP) is -0.385. The molecule has 0 saturated heterocycles. The van der Waals surface area contributed by atoms with Crippen LogP contribution < -0.4 is 0 Å². The van der Waals surface area contributed by atoms with Crippen LogP contribution in [-0.4, -0.2) is 24.8 Å². The van der Waals surface area contributed by atoms with E-state index >= 15 is 0 Å². The smallest absolute Gasteiger partial charge is 0.271 e. The summed E-state index contributed by atoms with van der Waals surface area (Å²) in [5.41, 5.74) is 0. The summed E-state index contributed by atoms with van der Waals surface area (Å²) in [6.45, 7) is 1.84. The lowest BCUT2D eigenvalue weighted by Crippen LogP contribution is -2.24. The molecule has 0 aromatic carbocycles. The predicted molar refractivity (Wildman–Crippen MR) is 33.2 cm³/mol. The Morgan fingerprint density at radius 3 is 2.82 bits per heavy atom. The number of hydrogen-bond acceptors (Lipinski definition) is 5. The maximum atomic E-state index is 10.5. The van der Waals surface area contributed by atoms with E-state index in [-0.39, 0.29) is 12.9 Å². The molecule has 0 aliphatic carbocycles. The molecule has 0 aliphatic rings. The summed E-state index contributed by atoms with van der Waals surface area (Å²) in [7, 11) is 0. The molecule has 11 heavy (non-hydrogen) atoms. The second-order valence-electron chi connectivity index (χ2n) is 1.54. The van der Waals surface area contributed by atoms with Crippen LogP contribution in [0.2, 0.25) is 0 Å². The molecule has 0 fully saturated rings. The fraction of sp³-hybridized carbons (Fsp3) is 0.500. The molecule has 5 heteroatoms. The topological polar surface area (TPSA) is 76.4 Å². The van der Waals surface area contributed by atoms with Crippen molar-refractivity contribution in [2.75, 3.05) is 6.61 Å². The van der Waals surface area contributed by atoms with Gasteiger partial charge in [0.1, 0.15) is 6.07 Å². The second-order valence-corrected chi connectivity index (χ2v) is 1.54. The summed E-state index contributed by atoms with van der Waals surface area (Å²) in [6, 6.07) is 1.25. The summed E-state index contributed by atoms with van der Waals surface area (Å²) < 4.78 is 0. The Labute approximate surface area is 63.4 Å². The first-order chi connectivity index (χ1) is 5.26. The molecule has 1 unspecified atom stereocenters. The molecule has 0 amide bonds. The Bertz CT molecular complexity index is 184. The van der Waals surface area contributed by atoms with Crippen molar-refractivity contribution in [3.05, 3.63) is 0 Å². The third-order valence-corrected chi connectivity index (χ3v) is 0.782. The number of hydrogen-bond donors (Lipinski definition) is 0. The molecule has 5 nitrogen and oxygen atoms in total. The van der Waals surface area contributed by atoms with E-state index in [1.165, 1.54) is 6.07 Å². The zero-order chi connectivity index (χ0) is 8.69. The van der Waals surface area contributed by atoms with Gasteiger partial charge in [-0.2, -0.15) is 5.26 Å². The number of nitriles is 1. The lowest BCUT2D eigenvalue weighted by atomic mass is 10.3. The highest BCUT2D eigenvalue weighted by molar-refractivity contribution is 6.05. The van der Waals surface area contributed by atoms with Gasteiger partial charge in [0.15, 0.2) is 6.29 Å². The van der Waals surface area contributed by atoms with E-state index in [1.807, 2.05) is 0 Å². The monoisotopic (exact) mass is 157 g/mol. The Hall–Kier alpha value is -1.25. The van der Waals surface area contributed by atoms with E-state index in [9.17, 15) is 9.59 Å². The first-order valence-corrected chi connectivity index (χ1v) is 2.93. The molecular weight excluding hydrogens is 150 g/mol. The normalized spacial score (nSPS) is 11.6. The van der Waals surface area contributed by atoms with Crippen molar-refractivity contribution in [2.24, 2.45) is 0 Å². The summed E-state index contributed by atoms with van der Waals surface area (Å²) in [6.07, 6.45) is -1.21. The van der Waals surface area contributed by atoms with Crippen LogP contribution in [0.4, 0.5) is 0 Å². The van der Waals surface area contributed by atoms with Crippen LogP contribution in [0.1, 0.15) is 6.92 Å². The number of carbonyl (C=O) groups is 2. The van der Waals surface area contributed by atoms with Crippen molar-refractivity contribution < 1.29 is 19.4 Å². The van der Waals surface area contributed by atoms with Crippen LogP contribution in [0.5, 0.6) is 0 Å². The molecule has 0 heterocycles. The quantitative estimate of drug-likeness (QED) is 0.179. The highest BCUT2D eigenvalue weighted by Crippen LogP contribution is 1.90. The molecule has 0 bridgehead atoms. The Kier molecular flexibility index (Phi) is 4.90. The highest BCUT2D eigenvalue weighted by Gasteiger charge is 2.18. The van der Waals surface area contributed by atoms with Gasteiger partial charge in [-0.1, -0.05) is 0 Å². The molecule has 60 valence electrons. The van der Waals surface area contributed by atoms with Gasteiger partial charge in [-0.3, -0.25) is 9.59 Å². The zero-order valence-corrected chi connectivity index (χ0v) is 5.94. The maximum absolute atomic E-state index is 10.5. The van der Waals surface area contributed by atoms with Gasteiger partial charge in [-0.25, -0.2) is 9.78 Å². The number of aldehydes is 1. The lowest BCUT2D eigenvalue weighted by Gasteiger charge is -2.02. The number of carbonyl (C=O) groups excluding carboxylic acids is 2. The standard InChI is InChI=1S/C6H7NO4/c1-2-10-11-6(4-8)5(9)3-7/h4,6H,2H2,1H3. The highest BCUT2D eigenvalue weighted by atomic mass is 17.2. The van der Waals surface area contributed by atoms with E-state index in [4.69, 9.17) is 5.26 Å². The van der Waals surface area contributed by atoms with E-state index < -0.39 is 11.9 Å². The SMILES string of the molecule is CCOOC(C=O)C(=O)C#N. The Morgan fingerprint density at radius 2 is 2.45 bits per heavy atom. The Morgan fingerprint density at radius 1 is 1.82 bits per heavy atom. The third kappa shape index (κ3) is 3.45. The van der Waals surface area contributed by atoms with Gasteiger partial charge < -0.3 is 0 Å². The van der Waals surface area contributed by atoms with E-state index in [0.29, 0.717) is 0 Å². The van der Waals surface area contributed by atoms with Crippen molar-refractivity contribution in [2.45, 2.75) is 13.0 Å². The van der Waals surface area contributed by atoms with Gasteiger partial charge in [0.2, 0.25) is 6.10 Å².